The molecule has 3 heteroatoms. The minimum Gasteiger partial charge on any atom is -0.381 e. The van der Waals surface area contributed by atoms with Crippen LogP contribution in [0.2, 0.25) is 0 Å². The van der Waals surface area contributed by atoms with Gasteiger partial charge in [0.2, 0.25) is 0 Å². The summed E-state index contributed by atoms with van der Waals surface area (Å²) in [5.41, 5.74) is 0. The van der Waals surface area contributed by atoms with E-state index in [1.54, 1.807) is 0 Å². The number of hydrogen-bond acceptors (Lipinski definition) is 3. The van der Waals surface area contributed by atoms with Gasteiger partial charge in [-0.25, -0.2) is 0 Å². The van der Waals surface area contributed by atoms with E-state index < -0.39 is 0 Å². The van der Waals surface area contributed by atoms with E-state index in [4.69, 9.17) is 4.74 Å². The summed E-state index contributed by atoms with van der Waals surface area (Å²) in [6.07, 6.45) is 3.66. The lowest BCUT2D eigenvalue weighted by Gasteiger charge is -2.36. The summed E-state index contributed by atoms with van der Waals surface area (Å²) in [5.74, 6) is 1.45. The van der Waals surface area contributed by atoms with Crippen molar-refractivity contribution in [3.8, 4) is 0 Å². The van der Waals surface area contributed by atoms with E-state index >= 15 is 0 Å². The van der Waals surface area contributed by atoms with Gasteiger partial charge < -0.3 is 15.0 Å². The van der Waals surface area contributed by atoms with Crippen LogP contribution in [0.3, 0.4) is 0 Å². The Morgan fingerprint density at radius 2 is 2.11 bits per heavy atom. The fraction of sp³-hybridized carbons (Fsp3) is 1.00. The zero-order valence-corrected chi connectivity index (χ0v) is 13.5. The van der Waals surface area contributed by atoms with Gasteiger partial charge in [0.05, 0.1) is 6.61 Å². The van der Waals surface area contributed by atoms with Gasteiger partial charge in [-0.05, 0) is 31.8 Å². The van der Waals surface area contributed by atoms with Gasteiger partial charge in [-0.2, -0.15) is 0 Å². The molecule has 0 saturated carbocycles. The maximum absolute atomic E-state index is 5.70. The SMILES string of the molecule is CCCNC1CCOCC1CN(CC)CC(C)CC. The Hall–Kier alpha value is -0.120. The average molecular weight is 270 g/mol. The summed E-state index contributed by atoms with van der Waals surface area (Å²) in [5, 5.41) is 3.71. The molecule has 19 heavy (non-hydrogen) atoms. The molecule has 0 aromatic rings. The van der Waals surface area contributed by atoms with Crippen LogP contribution in [0.25, 0.3) is 0 Å². The first-order chi connectivity index (χ1) is 9.21. The summed E-state index contributed by atoms with van der Waals surface area (Å²) >= 11 is 0. The molecule has 0 radical (unpaired) electrons. The monoisotopic (exact) mass is 270 g/mol. The fourth-order valence-corrected chi connectivity index (χ4v) is 2.81. The summed E-state index contributed by atoms with van der Waals surface area (Å²) in [6, 6.07) is 0.652. The minimum atomic E-state index is 0.652. The number of hydrogen-bond donors (Lipinski definition) is 1. The van der Waals surface area contributed by atoms with Crippen molar-refractivity contribution in [3.05, 3.63) is 0 Å². The van der Waals surface area contributed by atoms with Crippen LogP contribution in [0.4, 0.5) is 0 Å². The average Bonchev–Trinajstić information content (AvgIpc) is 2.45. The molecule has 1 fully saturated rings. The van der Waals surface area contributed by atoms with E-state index in [2.05, 4.69) is 37.9 Å². The minimum absolute atomic E-state index is 0.652. The van der Waals surface area contributed by atoms with Crippen molar-refractivity contribution < 1.29 is 4.74 Å². The molecule has 3 nitrogen and oxygen atoms in total. The standard InChI is InChI=1S/C16H34N2O/c1-5-9-17-16-8-10-19-13-15(16)12-18(7-3)11-14(4)6-2/h14-17H,5-13H2,1-4H3. The molecular formula is C16H34N2O. The van der Waals surface area contributed by atoms with Gasteiger partial charge in [-0.1, -0.05) is 34.1 Å². The molecule has 3 unspecified atom stereocenters. The van der Waals surface area contributed by atoms with Gasteiger partial charge in [-0.15, -0.1) is 0 Å². The smallest absolute Gasteiger partial charge is 0.0521 e. The second-order valence-electron chi connectivity index (χ2n) is 6.05. The van der Waals surface area contributed by atoms with Crippen molar-refractivity contribution in [1.29, 1.82) is 0 Å². The molecule has 0 bridgehead atoms. The van der Waals surface area contributed by atoms with E-state index in [0.717, 1.165) is 32.2 Å². The van der Waals surface area contributed by atoms with Crippen LogP contribution in [-0.4, -0.2) is 50.3 Å². The molecule has 1 aliphatic rings. The summed E-state index contributed by atoms with van der Waals surface area (Å²) in [6.45, 7) is 15.7. The third-order valence-electron chi connectivity index (χ3n) is 4.34. The van der Waals surface area contributed by atoms with Crippen LogP contribution in [-0.2, 0) is 4.74 Å². The molecule has 0 aromatic heterocycles. The Labute approximate surface area is 120 Å². The van der Waals surface area contributed by atoms with E-state index in [-0.39, 0.29) is 0 Å². The first-order valence-electron chi connectivity index (χ1n) is 8.24. The van der Waals surface area contributed by atoms with Crippen molar-refractivity contribution in [3.63, 3.8) is 0 Å². The summed E-state index contributed by atoms with van der Waals surface area (Å²) < 4.78 is 5.70. The van der Waals surface area contributed by atoms with Crippen molar-refractivity contribution in [2.24, 2.45) is 11.8 Å². The van der Waals surface area contributed by atoms with Crippen molar-refractivity contribution in [1.82, 2.24) is 10.2 Å². The normalized spacial score (nSPS) is 25.7. The molecule has 0 aliphatic carbocycles. The first kappa shape index (κ1) is 16.9. The molecule has 1 aliphatic heterocycles. The molecule has 0 spiro atoms. The van der Waals surface area contributed by atoms with Gasteiger partial charge in [-0.3, -0.25) is 0 Å². The number of nitrogens with zero attached hydrogens (tertiary/aromatic N) is 1. The highest BCUT2D eigenvalue weighted by atomic mass is 16.5. The van der Waals surface area contributed by atoms with E-state index in [9.17, 15) is 0 Å². The highest BCUT2D eigenvalue weighted by molar-refractivity contribution is 4.82. The Morgan fingerprint density at radius 1 is 1.32 bits per heavy atom. The Morgan fingerprint density at radius 3 is 2.74 bits per heavy atom. The quantitative estimate of drug-likeness (QED) is 0.697. The third-order valence-corrected chi connectivity index (χ3v) is 4.34. The maximum atomic E-state index is 5.70. The molecule has 1 heterocycles. The number of nitrogens with one attached hydrogen (secondary N) is 1. The lowest BCUT2D eigenvalue weighted by molar-refractivity contribution is 0.0155. The topological polar surface area (TPSA) is 24.5 Å². The summed E-state index contributed by atoms with van der Waals surface area (Å²) in [7, 11) is 0. The van der Waals surface area contributed by atoms with Crippen molar-refractivity contribution >= 4 is 0 Å². The Kier molecular flexibility index (Phi) is 8.67. The number of ether oxygens (including phenoxy) is 1. The predicted molar refractivity (Wildman–Crippen MR) is 82.6 cm³/mol. The lowest BCUT2D eigenvalue weighted by atomic mass is 9.94. The van der Waals surface area contributed by atoms with Gasteiger partial charge in [0.25, 0.3) is 0 Å². The molecule has 1 N–H and O–H groups in total. The van der Waals surface area contributed by atoms with Crippen LogP contribution in [0.15, 0.2) is 0 Å². The highest BCUT2D eigenvalue weighted by Gasteiger charge is 2.26. The van der Waals surface area contributed by atoms with E-state index in [1.807, 2.05) is 0 Å². The van der Waals surface area contributed by atoms with Crippen LogP contribution in [0.5, 0.6) is 0 Å². The predicted octanol–water partition coefficient (Wildman–Crippen LogP) is 2.76. The van der Waals surface area contributed by atoms with Crippen molar-refractivity contribution in [2.75, 3.05) is 39.4 Å². The first-order valence-corrected chi connectivity index (χ1v) is 8.24. The van der Waals surface area contributed by atoms with Gasteiger partial charge in [0.1, 0.15) is 0 Å². The largest absolute Gasteiger partial charge is 0.381 e. The zero-order chi connectivity index (χ0) is 14.1. The van der Waals surface area contributed by atoms with Gasteiger partial charge in [0.15, 0.2) is 0 Å². The maximum Gasteiger partial charge on any atom is 0.0521 e. The Bertz CT molecular complexity index is 223. The molecule has 114 valence electrons. The molecule has 0 amide bonds. The zero-order valence-electron chi connectivity index (χ0n) is 13.5. The van der Waals surface area contributed by atoms with E-state index in [0.29, 0.717) is 12.0 Å². The number of rotatable bonds is 9. The van der Waals surface area contributed by atoms with Gasteiger partial charge >= 0.3 is 0 Å². The van der Waals surface area contributed by atoms with Crippen molar-refractivity contribution in [2.45, 2.75) is 53.0 Å². The summed E-state index contributed by atoms with van der Waals surface area (Å²) in [4.78, 5) is 2.61. The molecular weight excluding hydrogens is 236 g/mol. The van der Waals surface area contributed by atoms with Crippen LogP contribution in [0, 0.1) is 11.8 Å². The van der Waals surface area contributed by atoms with Crippen LogP contribution >= 0.6 is 0 Å². The molecule has 0 aromatic carbocycles. The van der Waals surface area contributed by atoms with E-state index in [1.165, 1.54) is 32.4 Å². The Balaban J connectivity index is 2.44. The van der Waals surface area contributed by atoms with Crippen LogP contribution in [0.1, 0.15) is 47.0 Å². The van der Waals surface area contributed by atoms with Gasteiger partial charge in [0, 0.05) is 31.7 Å². The highest BCUT2D eigenvalue weighted by Crippen LogP contribution is 2.17. The molecule has 1 saturated heterocycles. The second kappa shape index (κ2) is 9.73. The lowest BCUT2D eigenvalue weighted by Crippen LogP contribution is -2.48. The molecule has 1 rings (SSSR count). The van der Waals surface area contributed by atoms with Crippen LogP contribution < -0.4 is 5.32 Å². The second-order valence-corrected chi connectivity index (χ2v) is 6.05. The fourth-order valence-electron chi connectivity index (χ4n) is 2.81. The molecule has 3 atom stereocenters. The third kappa shape index (κ3) is 6.24.